The maximum Gasteiger partial charge on any atom is 0.263 e. The summed E-state index contributed by atoms with van der Waals surface area (Å²) in [6.45, 7) is 4.27. The molecule has 3 rings (SSSR count). The van der Waals surface area contributed by atoms with E-state index in [-0.39, 0.29) is 23.8 Å². The van der Waals surface area contributed by atoms with Gasteiger partial charge in [0.1, 0.15) is 0 Å². The van der Waals surface area contributed by atoms with Gasteiger partial charge in [0.25, 0.3) is 11.8 Å². The molecule has 0 aliphatic carbocycles. The van der Waals surface area contributed by atoms with Crippen LogP contribution in [0, 0.1) is 0 Å². The topological polar surface area (TPSA) is 66.5 Å². The number of hydrogen-bond acceptors (Lipinski definition) is 4. The van der Waals surface area contributed by atoms with Crippen molar-refractivity contribution in [2.45, 2.75) is 30.4 Å². The zero-order chi connectivity index (χ0) is 18.8. The molecule has 0 radical (unpaired) electrons. The van der Waals surface area contributed by atoms with E-state index in [1.807, 2.05) is 24.3 Å². The molecule has 0 fully saturated rings. The molecule has 0 bridgehead atoms. The quantitative estimate of drug-likeness (QED) is 0.647. The number of thioether (sulfide) groups is 1. The molecular formula is C20H20N2O3S. The van der Waals surface area contributed by atoms with Crippen LogP contribution in [0.2, 0.25) is 0 Å². The number of nitrogens with one attached hydrogen (secondary N) is 1. The number of hydrogen-bond donors (Lipinski definition) is 1. The van der Waals surface area contributed by atoms with Gasteiger partial charge in [-0.3, -0.25) is 19.3 Å². The van der Waals surface area contributed by atoms with Gasteiger partial charge in [-0.05, 0) is 29.8 Å². The minimum Gasteiger partial charge on any atom is -0.325 e. The van der Waals surface area contributed by atoms with Crippen LogP contribution >= 0.6 is 11.8 Å². The SMILES string of the molecule is CC(C)Sc1ccc(CC(=O)Nc2cccc3c2C(=O)N(C)C3=O)cc1. The van der Waals surface area contributed by atoms with Crippen molar-refractivity contribution in [2.24, 2.45) is 0 Å². The molecule has 2 aromatic carbocycles. The largest absolute Gasteiger partial charge is 0.325 e. The van der Waals surface area contributed by atoms with E-state index in [4.69, 9.17) is 0 Å². The summed E-state index contributed by atoms with van der Waals surface area (Å²) in [5, 5.41) is 3.27. The molecule has 0 saturated carbocycles. The predicted octanol–water partition coefficient (Wildman–Crippen LogP) is 3.59. The maximum absolute atomic E-state index is 12.4. The van der Waals surface area contributed by atoms with Gasteiger partial charge in [0.2, 0.25) is 5.91 Å². The fraction of sp³-hybridized carbons (Fsp3) is 0.250. The average molecular weight is 368 g/mol. The van der Waals surface area contributed by atoms with Crippen molar-refractivity contribution in [3.63, 3.8) is 0 Å². The predicted molar refractivity (Wildman–Crippen MR) is 103 cm³/mol. The van der Waals surface area contributed by atoms with E-state index in [0.717, 1.165) is 15.4 Å². The fourth-order valence-corrected chi connectivity index (χ4v) is 3.68. The molecule has 2 aromatic rings. The first-order valence-electron chi connectivity index (χ1n) is 8.37. The molecule has 0 atom stereocenters. The molecule has 6 heteroatoms. The van der Waals surface area contributed by atoms with E-state index in [1.165, 1.54) is 7.05 Å². The molecule has 0 unspecified atom stereocenters. The van der Waals surface area contributed by atoms with Gasteiger partial charge in [0, 0.05) is 17.2 Å². The third-order valence-corrected chi connectivity index (χ3v) is 5.07. The lowest BCUT2D eigenvalue weighted by Gasteiger charge is -2.10. The van der Waals surface area contributed by atoms with Crippen molar-refractivity contribution in [2.75, 3.05) is 12.4 Å². The van der Waals surface area contributed by atoms with Crippen LogP contribution in [0.1, 0.15) is 40.1 Å². The van der Waals surface area contributed by atoms with Crippen LogP contribution in [0.15, 0.2) is 47.4 Å². The zero-order valence-electron chi connectivity index (χ0n) is 14.9. The highest BCUT2D eigenvalue weighted by Gasteiger charge is 2.35. The first-order chi connectivity index (χ1) is 12.4. The van der Waals surface area contributed by atoms with Crippen molar-refractivity contribution in [1.82, 2.24) is 4.90 Å². The smallest absolute Gasteiger partial charge is 0.263 e. The van der Waals surface area contributed by atoms with Crippen molar-refractivity contribution >= 4 is 35.2 Å². The van der Waals surface area contributed by atoms with E-state index >= 15 is 0 Å². The summed E-state index contributed by atoms with van der Waals surface area (Å²) in [6, 6.07) is 12.8. The molecule has 0 saturated heterocycles. The molecule has 1 N–H and O–H groups in total. The molecule has 1 heterocycles. The van der Waals surface area contributed by atoms with E-state index in [2.05, 4.69) is 19.2 Å². The normalized spacial score (nSPS) is 13.3. The highest BCUT2D eigenvalue weighted by atomic mass is 32.2. The van der Waals surface area contributed by atoms with E-state index in [0.29, 0.717) is 16.5 Å². The molecule has 5 nitrogen and oxygen atoms in total. The first-order valence-corrected chi connectivity index (χ1v) is 9.25. The lowest BCUT2D eigenvalue weighted by molar-refractivity contribution is -0.115. The summed E-state index contributed by atoms with van der Waals surface area (Å²) < 4.78 is 0. The Hall–Kier alpha value is -2.60. The molecule has 0 spiro atoms. The van der Waals surface area contributed by atoms with Crippen LogP contribution in [0.5, 0.6) is 0 Å². The van der Waals surface area contributed by atoms with Crippen LogP contribution in [0.4, 0.5) is 5.69 Å². The maximum atomic E-state index is 12.4. The molecule has 0 aromatic heterocycles. The fourth-order valence-electron chi connectivity index (χ4n) is 2.84. The Morgan fingerprint density at radius 2 is 1.77 bits per heavy atom. The second-order valence-corrected chi connectivity index (χ2v) is 8.08. The monoisotopic (exact) mass is 368 g/mol. The number of anilines is 1. The van der Waals surface area contributed by atoms with Crippen molar-refractivity contribution in [3.05, 3.63) is 59.2 Å². The highest BCUT2D eigenvalue weighted by molar-refractivity contribution is 7.99. The summed E-state index contributed by atoms with van der Waals surface area (Å²) in [5.74, 6) is -0.965. The third kappa shape index (κ3) is 3.65. The van der Waals surface area contributed by atoms with Crippen LogP contribution in [-0.2, 0) is 11.2 Å². The van der Waals surface area contributed by atoms with Crippen LogP contribution in [0.3, 0.4) is 0 Å². The Labute approximate surface area is 156 Å². The van der Waals surface area contributed by atoms with Gasteiger partial charge < -0.3 is 5.32 Å². The summed E-state index contributed by atoms with van der Waals surface area (Å²) in [4.78, 5) is 38.9. The van der Waals surface area contributed by atoms with Gasteiger partial charge in [-0.2, -0.15) is 0 Å². The van der Waals surface area contributed by atoms with Gasteiger partial charge in [0.05, 0.1) is 23.2 Å². The van der Waals surface area contributed by atoms with Gasteiger partial charge in [0.15, 0.2) is 0 Å². The highest BCUT2D eigenvalue weighted by Crippen LogP contribution is 2.28. The second kappa shape index (κ2) is 7.33. The number of amides is 3. The number of nitrogens with zero attached hydrogens (tertiary/aromatic N) is 1. The Balaban J connectivity index is 1.72. The molecule has 1 aliphatic rings. The number of carbonyl (C=O) groups excluding carboxylic acids is 3. The van der Waals surface area contributed by atoms with E-state index in [1.54, 1.807) is 30.0 Å². The Bertz CT molecular complexity index is 875. The average Bonchev–Trinajstić information content (AvgIpc) is 2.81. The van der Waals surface area contributed by atoms with Gasteiger partial charge in [-0.15, -0.1) is 11.8 Å². The Morgan fingerprint density at radius 3 is 2.42 bits per heavy atom. The first kappa shape index (κ1) is 18.2. The summed E-state index contributed by atoms with van der Waals surface area (Å²) in [6.07, 6.45) is 0.203. The lowest BCUT2D eigenvalue weighted by atomic mass is 10.1. The lowest BCUT2D eigenvalue weighted by Crippen LogP contribution is -2.24. The van der Waals surface area contributed by atoms with E-state index < -0.39 is 5.91 Å². The Kier molecular flexibility index (Phi) is 5.13. The minimum absolute atomic E-state index is 0.203. The van der Waals surface area contributed by atoms with Crippen molar-refractivity contribution < 1.29 is 14.4 Å². The van der Waals surface area contributed by atoms with Crippen LogP contribution < -0.4 is 5.32 Å². The van der Waals surface area contributed by atoms with Crippen LogP contribution in [0.25, 0.3) is 0 Å². The van der Waals surface area contributed by atoms with Crippen molar-refractivity contribution in [3.8, 4) is 0 Å². The third-order valence-electron chi connectivity index (χ3n) is 4.05. The van der Waals surface area contributed by atoms with Crippen LogP contribution in [-0.4, -0.2) is 34.9 Å². The summed E-state index contributed by atoms with van der Waals surface area (Å²) in [7, 11) is 1.44. The van der Waals surface area contributed by atoms with Gasteiger partial charge >= 0.3 is 0 Å². The van der Waals surface area contributed by atoms with E-state index in [9.17, 15) is 14.4 Å². The molecular weight excluding hydrogens is 348 g/mol. The molecule has 3 amide bonds. The number of imide groups is 1. The zero-order valence-corrected chi connectivity index (χ0v) is 15.7. The van der Waals surface area contributed by atoms with Crippen molar-refractivity contribution in [1.29, 1.82) is 0 Å². The second-order valence-electron chi connectivity index (χ2n) is 6.43. The molecule has 1 aliphatic heterocycles. The Morgan fingerprint density at radius 1 is 1.08 bits per heavy atom. The van der Waals surface area contributed by atoms with Gasteiger partial charge in [-0.25, -0.2) is 0 Å². The molecule has 134 valence electrons. The molecule has 26 heavy (non-hydrogen) atoms. The number of rotatable bonds is 5. The number of carbonyl (C=O) groups is 3. The standard InChI is InChI=1S/C20H20N2O3S/c1-12(2)26-14-9-7-13(8-10-14)11-17(23)21-16-6-4-5-15-18(16)20(25)22(3)19(15)24/h4-10,12H,11H2,1-3H3,(H,21,23). The summed E-state index contributed by atoms with van der Waals surface area (Å²) in [5.41, 5.74) is 1.85. The van der Waals surface area contributed by atoms with Gasteiger partial charge in [-0.1, -0.05) is 32.0 Å². The number of fused-ring (bicyclic) bond motifs is 1. The number of benzene rings is 2. The minimum atomic E-state index is -0.393. The summed E-state index contributed by atoms with van der Waals surface area (Å²) >= 11 is 1.77.